The van der Waals surface area contributed by atoms with Gasteiger partial charge in [0.1, 0.15) is 12.4 Å². The zero-order valence-corrected chi connectivity index (χ0v) is 13.8. The number of ketones is 2. The van der Waals surface area contributed by atoms with Crippen molar-refractivity contribution in [1.29, 1.82) is 0 Å². The first-order valence-corrected chi connectivity index (χ1v) is 7.29. The molecule has 0 N–H and O–H groups in total. The van der Waals surface area contributed by atoms with Crippen LogP contribution in [-0.2, 0) is 23.9 Å². The predicted molar refractivity (Wildman–Crippen MR) is 81.9 cm³/mol. The van der Waals surface area contributed by atoms with Crippen LogP contribution in [0.2, 0.25) is 0 Å². The Balaban J connectivity index is 2.59. The maximum absolute atomic E-state index is 12.0. The lowest BCUT2D eigenvalue weighted by atomic mass is 9.77. The Hall–Kier alpha value is -1.91. The number of esters is 1. The molecule has 0 aliphatic heterocycles. The Morgan fingerprint density at radius 2 is 1.95 bits per heavy atom. The van der Waals surface area contributed by atoms with Crippen LogP contribution in [0.5, 0.6) is 0 Å². The van der Waals surface area contributed by atoms with Crippen molar-refractivity contribution >= 4 is 17.5 Å². The van der Waals surface area contributed by atoms with Crippen LogP contribution >= 0.6 is 0 Å². The molecule has 1 aliphatic carbocycles. The van der Waals surface area contributed by atoms with Gasteiger partial charge in [-0.3, -0.25) is 14.4 Å². The minimum atomic E-state index is -1.40. The lowest BCUT2D eigenvalue weighted by Gasteiger charge is -2.29. The molecule has 5 nitrogen and oxygen atoms in total. The first kappa shape index (κ1) is 18.1. The highest BCUT2D eigenvalue weighted by Gasteiger charge is 2.32. The zero-order chi connectivity index (χ0) is 16.9. The van der Waals surface area contributed by atoms with Gasteiger partial charge in [-0.05, 0) is 36.8 Å². The fraction of sp³-hybridized carbons (Fsp3) is 0.588. The molecule has 1 rings (SSSR count). The summed E-state index contributed by atoms with van der Waals surface area (Å²) in [5.74, 6) is -2.38. The molecule has 0 aromatic heterocycles. The van der Waals surface area contributed by atoms with Gasteiger partial charge in [0.05, 0.1) is 7.11 Å². The summed E-state index contributed by atoms with van der Waals surface area (Å²) in [4.78, 5) is 34.8. The second-order valence-electron chi connectivity index (χ2n) is 6.50. The van der Waals surface area contributed by atoms with Crippen molar-refractivity contribution < 1.29 is 23.9 Å². The molecule has 0 aromatic carbocycles. The quantitative estimate of drug-likeness (QED) is 0.557. The first-order chi connectivity index (χ1) is 10.2. The molecule has 0 fully saturated rings. The van der Waals surface area contributed by atoms with Gasteiger partial charge in [-0.15, -0.1) is 0 Å². The third-order valence-electron chi connectivity index (χ3n) is 3.72. The highest BCUT2D eigenvalue weighted by atomic mass is 16.5. The maximum atomic E-state index is 12.0. The number of rotatable bonds is 6. The Kier molecular flexibility index (Phi) is 6.09. The molecule has 1 aliphatic rings. The number of methoxy groups -OCH3 is 1. The maximum Gasteiger partial charge on any atom is 0.323 e. The van der Waals surface area contributed by atoms with Crippen molar-refractivity contribution in [2.45, 2.75) is 34.1 Å². The molecular formula is C17H24O5. The second kappa shape index (κ2) is 7.38. The van der Waals surface area contributed by atoms with Crippen molar-refractivity contribution in [3.8, 4) is 0 Å². The number of ether oxygens (including phenoxy) is 2. The number of carbonyl (C=O) groups excluding carboxylic acids is 3. The van der Waals surface area contributed by atoms with Gasteiger partial charge >= 0.3 is 5.97 Å². The minimum absolute atomic E-state index is 0.166. The van der Waals surface area contributed by atoms with E-state index in [1.807, 2.05) is 12.2 Å². The van der Waals surface area contributed by atoms with Gasteiger partial charge in [-0.2, -0.15) is 0 Å². The minimum Gasteiger partial charge on any atom is -0.486 e. The van der Waals surface area contributed by atoms with Gasteiger partial charge in [0.15, 0.2) is 17.5 Å². The van der Waals surface area contributed by atoms with Crippen molar-refractivity contribution in [3.05, 3.63) is 24.0 Å². The Morgan fingerprint density at radius 1 is 1.32 bits per heavy atom. The van der Waals surface area contributed by atoms with E-state index in [1.165, 1.54) is 6.92 Å². The number of allylic oxidation sites excluding steroid dienone is 3. The molecule has 0 saturated carbocycles. The number of carbonyl (C=O) groups is 3. The van der Waals surface area contributed by atoms with Crippen LogP contribution in [0.4, 0.5) is 0 Å². The van der Waals surface area contributed by atoms with E-state index in [4.69, 9.17) is 4.74 Å². The van der Waals surface area contributed by atoms with E-state index in [0.717, 1.165) is 13.5 Å². The smallest absolute Gasteiger partial charge is 0.323 e. The summed E-state index contributed by atoms with van der Waals surface area (Å²) < 4.78 is 9.87. The largest absolute Gasteiger partial charge is 0.486 e. The normalized spacial score (nSPS) is 19.1. The van der Waals surface area contributed by atoms with Crippen LogP contribution in [0.1, 0.15) is 34.1 Å². The Labute approximate surface area is 131 Å². The van der Waals surface area contributed by atoms with E-state index in [9.17, 15) is 14.4 Å². The molecule has 0 radical (unpaired) electrons. The predicted octanol–water partition coefficient (Wildman–Crippen LogP) is 2.46. The molecule has 0 aromatic rings. The lowest BCUT2D eigenvalue weighted by Crippen LogP contribution is -2.33. The van der Waals surface area contributed by atoms with E-state index < -0.39 is 23.5 Å². The molecule has 22 heavy (non-hydrogen) atoms. The summed E-state index contributed by atoms with van der Waals surface area (Å²) in [7, 11) is 1.14. The summed E-state index contributed by atoms with van der Waals surface area (Å²) in [5, 5.41) is 0. The summed E-state index contributed by atoms with van der Waals surface area (Å²) in [5.41, 5.74) is 0.166. The molecule has 0 spiro atoms. The fourth-order valence-electron chi connectivity index (χ4n) is 2.23. The average Bonchev–Trinajstić information content (AvgIpc) is 2.44. The van der Waals surface area contributed by atoms with Gasteiger partial charge in [0.25, 0.3) is 0 Å². The van der Waals surface area contributed by atoms with Gasteiger partial charge < -0.3 is 9.47 Å². The zero-order valence-electron chi connectivity index (χ0n) is 13.8. The molecule has 2 atom stereocenters. The molecule has 0 bridgehead atoms. The van der Waals surface area contributed by atoms with Crippen LogP contribution in [0.25, 0.3) is 0 Å². The van der Waals surface area contributed by atoms with E-state index in [0.29, 0.717) is 11.7 Å². The third-order valence-corrected chi connectivity index (χ3v) is 3.72. The molecule has 5 heteroatoms. The Morgan fingerprint density at radius 3 is 2.36 bits per heavy atom. The number of hydrogen-bond acceptors (Lipinski definition) is 5. The molecule has 0 amide bonds. The van der Waals surface area contributed by atoms with Gasteiger partial charge in [0, 0.05) is 0 Å². The van der Waals surface area contributed by atoms with Crippen LogP contribution in [0.15, 0.2) is 24.0 Å². The van der Waals surface area contributed by atoms with Crippen molar-refractivity contribution in [2.75, 3.05) is 13.7 Å². The molecule has 2 unspecified atom stereocenters. The highest BCUT2D eigenvalue weighted by molar-refractivity contribution is 6.16. The summed E-state index contributed by atoms with van der Waals surface area (Å²) in [6, 6.07) is 0. The first-order valence-electron chi connectivity index (χ1n) is 7.29. The van der Waals surface area contributed by atoms with E-state index in [2.05, 4.69) is 31.6 Å². The number of Topliss-reactive ketones (excluding diaryl/α,β-unsaturated/α-hetero) is 2. The lowest BCUT2D eigenvalue weighted by molar-refractivity contribution is -0.153. The standard InChI is InChI=1S/C17H24O5/c1-11(18)15(16(20)21-5)14(19)10-22-13-8-6-12(7-9-13)17(2,3)4/h6,8-9,12,15H,7,10H2,1-5H3. The SMILES string of the molecule is COC(=O)C(C(C)=O)C(=O)COC1=CCC(C(C)(C)C)C=C1. The van der Waals surface area contributed by atoms with Gasteiger partial charge in [-0.25, -0.2) is 0 Å². The highest BCUT2D eigenvalue weighted by Crippen LogP contribution is 2.33. The third kappa shape index (κ3) is 4.83. The summed E-state index contributed by atoms with van der Waals surface area (Å²) in [6.45, 7) is 7.36. The van der Waals surface area contributed by atoms with Gasteiger partial charge in [-0.1, -0.05) is 26.8 Å². The van der Waals surface area contributed by atoms with Crippen LogP contribution in [0.3, 0.4) is 0 Å². The molecule has 0 saturated heterocycles. The summed E-state index contributed by atoms with van der Waals surface area (Å²) in [6.07, 6.45) is 6.64. The van der Waals surface area contributed by atoms with Crippen LogP contribution < -0.4 is 0 Å². The molecule has 0 heterocycles. The van der Waals surface area contributed by atoms with E-state index >= 15 is 0 Å². The van der Waals surface area contributed by atoms with Crippen LogP contribution in [-0.4, -0.2) is 31.3 Å². The Bertz CT molecular complexity index is 508. The average molecular weight is 308 g/mol. The summed E-state index contributed by atoms with van der Waals surface area (Å²) >= 11 is 0. The molecule has 122 valence electrons. The fourth-order valence-corrected chi connectivity index (χ4v) is 2.23. The van der Waals surface area contributed by atoms with Gasteiger partial charge in [0.2, 0.25) is 0 Å². The van der Waals surface area contributed by atoms with E-state index in [1.54, 1.807) is 0 Å². The van der Waals surface area contributed by atoms with Crippen molar-refractivity contribution in [2.24, 2.45) is 17.3 Å². The topological polar surface area (TPSA) is 69.7 Å². The second-order valence-corrected chi connectivity index (χ2v) is 6.50. The van der Waals surface area contributed by atoms with Crippen LogP contribution in [0, 0.1) is 17.3 Å². The monoisotopic (exact) mass is 308 g/mol. The van der Waals surface area contributed by atoms with E-state index in [-0.39, 0.29) is 12.0 Å². The number of hydrogen-bond donors (Lipinski definition) is 0. The molecular weight excluding hydrogens is 284 g/mol. The van der Waals surface area contributed by atoms with Crippen molar-refractivity contribution in [1.82, 2.24) is 0 Å². The van der Waals surface area contributed by atoms with Crippen molar-refractivity contribution in [3.63, 3.8) is 0 Å².